The fourth-order valence-corrected chi connectivity index (χ4v) is 4.76. The Bertz CT molecular complexity index is 1580. The largest absolute Gasteiger partial charge is 0.497 e. The number of rotatable bonds is 10. The maximum absolute atomic E-state index is 14.4. The highest BCUT2D eigenvalue weighted by Crippen LogP contribution is 2.34. The van der Waals surface area contributed by atoms with E-state index in [4.69, 9.17) is 14.6 Å². The van der Waals surface area contributed by atoms with Gasteiger partial charge in [-0.2, -0.15) is 5.10 Å². The molecule has 1 amide bonds. The summed E-state index contributed by atoms with van der Waals surface area (Å²) in [5, 5.41) is 4.93. The van der Waals surface area contributed by atoms with E-state index < -0.39 is 0 Å². The van der Waals surface area contributed by atoms with Crippen LogP contribution in [0.4, 0.5) is 0 Å². The second kappa shape index (κ2) is 12.3. The van der Waals surface area contributed by atoms with E-state index in [1.165, 1.54) is 5.56 Å². The monoisotopic (exact) mass is 531 g/mol. The maximum Gasteiger partial charge on any atom is 0.272 e. The predicted molar refractivity (Wildman–Crippen MR) is 158 cm³/mol. The Hall–Kier alpha value is -4.84. The van der Waals surface area contributed by atoms with E-state index in [9.17, 15) is 4.79 Å². The molecular weight excluding hydrogens is 498 g/mol. The number of ether oxygens (including phenoxy) is 2. The number of carbonyl (C=O) groups is 1. The van der Waals surface area contributed by atoms with E-state index in [-0.39, 0.29) is 5.91 Å². The number of aromatic nitrogens is 2. The van der Waals surface area contributed by atoms with E-state index in [2.05, 4.69) is 12.1 Å². The predicted octanol–water partition coefficient (Wildman–Crippen LogP) is 6.75. The lowest BCUT2D eigenvalue weighted by atomic mass is 10.1. The summed E-state index contributed by atoms with van der Waals surface area (Å²) in [6.45, 7) is 3.09. The van der Waals surface area contributed by atoms with Gasteiger partial charge in [-0.1, -0.05) is 72.8 Å². The lowest BCUT2D eigenvalue weighted by molar-refractivity contribution is 0.0736. The van der Waals surface area contributed by atoms with Gasteiger partial charge in [-0.15, -0.1) is 0 Å². The molecule has 0 fully saturated rings. The van der Waals surface area contributed by atoms with Gasteiger partial charge in [-0.25, -0.2) is 4.68 Å². The molecule has 0 aliphatic rings. The molecule has 4 aromatic carbocycles. The number of hydrogen-bond donors (Lipinski definition) is 0. The van der Waals surface area contributed by atoms with E-state index in [0.29, 0.717) is 36.0 Å². The summed E-state index contributed by atoms with van der Waals surface area (Å²) >= 11 is 0. The fraction of sp³-hybridized carbons (Fsp3) is 0.176. The molecule has 5 aromatic rings. The lowest BCUT2D eigenvalue weighted by Gasteiger charge is -2.23. The minimum Gasteiger partial charge on any atom is -0.497 e. The molecule has 5 rings (SSSR count). The number of amides is 1. The third-order valence-electron chi connectivity index (χ3n) is 6.88. The van der Waals surface area contributed by atoms with Gasteiger partial charge in [-0.3, -0.25) is 4.79 Å². The molecular formula is C34H33N3O3. The number of aryl methyl sites for hydroxylation is 1. The topological polar surface area (TPSA) is 56.6 Å². The Morgan fingerprint density at radius 1 is 0.800 bits per heavy atom. The van der Waals surface area contributed by atoms with Crippen LogP contribution >= 0.6 is 0 Å². The average Bonchev–Trinajstić information content (AvgIpc) is 3.45. The van der Waals surface area contributed by atoms with Gasteiger partial charge in [0.05, 0.1) is 25.6 Å². The van der Waals surface area contributed by atoms with Crippen molar-refractivity contribution in [3.05, 3.63) is 132 Å². The zero-order chi connectivity index (χ0) is 27.9. The molecule has 0 saturated heterocycles. The van der Waals surface area contributed by atoms with E-state index >= 15 is 0 Å². The van der Waals surface area contributed by atoms with Gasteiger partial charge in [0, 0.05) is 24.7 Å². The average molecular weight is 532 g/mol. The molecule has 0 spiro atoms. The lowest BCUT2D eigenvalue weighted by Crippen LogP contribution is -2.34. The van der Waals surface area contributed by atoms with Gasteiger partial charge in [0.1, 0.15) is 17.2 Å². The Morgan fingerprint density at radius 3 is 2.20 bits per heavy atom. The number of benzene rings is 4. The van der Waals surface area contributed by atoms with Gasteiger partial charge >= 0.3 is 0 Å². The van der Waals surface area contributed by atoms with Crippen LogP contribution in [0.15, 0.2) is 109 Å². The van der Waals surface area contributed by atoms with Crippen LogP contribution in [0, 0.1) is 6.92 Å². The molecule has 202 valence electrons. The first-order valence-corrected chi connectivity index (χ1v) is 13.3. The van der Waals surface area contributed by atoms with Gasteiger partial charge in [0.2, 0.25) is 0 Å². The Kier molecular flexibility index (Phi) is 8.26. The van der Waals surface area contributed by atoms with Crippen molar-refractivity contribution in [3.8, 4) is 28.4 Å². The zero-order valence-corrected chi connectivity index (χ0v) is 23.1. The Balaban J connectivity index is 1.58. The van der Waals surface area contributed by atoms with Crippen molar-refractivity contribution in [2.75, 3.05) is 20.8 Å². The van der Waals surface area contributed by atoms with Crippen LogP contribution in [0.1, 0.15) is 27.2 Å². The third-order valence-corrected chi connectivity index (χ3v) is 6.88. The van der Waals surface area contributed by atoms with E-state index in [1.54, 1.807) is 18.9 Å². The normalized spacial score (nSPS) is 10.8. The summed E-state index contributed by atoms with van der Waals surface area (Å²) in [6, 6.07) is 35.8. The Morgan fingerprint density at radius 2 is 1.52 bits per heavy atom. The van der Waals surface area contributed by atoms with Gasteiger partial charge in [-0.05, 0) is 60.4 Å². The fourth-order valence-electron chi connectivity index (χ4n) is 4.76. The first-order chi connectivity index (χ1) is 19.6. The second-order valence-electron chi connectivity index (χ2n) is 9.68. The summed E-state index contributed by atoms with van der Waals surface area (Å²) in [5.74, 6) is 1.22. The van der Waals surface area contributed by atoms with Crippen LogP contribution in [0.5, 0.6) is 11.5 Å². The standard InChI is InChI=1S/C34H33N3O3/c1-25-11-10-16-28(21-25)37-32(23-31(35-37)30-18-17-29(39-2)22-33(30)40-3)34(38)36(24-27-14-8-5-9-15-27)20-19-26-12-6-4-7-13-26/h4-18,21-23H,19-20,24H2,1-3H3. The highest BCUT2D eigenvalue weighted by Gasteiger charge is 2.24. The molecule has 0 N–H and O–H groups in total. The van der Waals surface area contributed by atoms with Crippen molar-refractivity contribution in [3.63, 3.8) is 0 Å². The molecule has 0 atom stereocenters. The molecule has 1 heterocycles. The summed E-state index contributed by atoms with van der Waals surface area (Å²) in [5.41, 5.74) is 6.08. The van der Waals surface area contributed by atoms with Crippen LogP contribution in [0.3, 0.4) is 0 Å². The smallest absolute Gasteiger partial charge is 0.272 e. The molecule has 0 radical (unpaired) electrons. The molecule has 40 heavy (non-hydrogen) atoms. The van der Waals surface area contributed by atoms with Crippen LogP contribution < -0.4 is 9.47 Å². The van der Waals surface area contributed by atoms with Crippen molar-refractivity contribution < 1.29 is 14.3 Å². The number of methoxy groups -OCH3 is 2. The van der Waals surface area contributed by atoms with Gasteiger partial charge < -0.3 is 14.4 Å². The number of nitrogens with zero attached hydrogens (tertiary/aromatic N) is 3. The molecule has 1 aromatic heterocycles. The maximum atomic E-state index is 14.4. The van der Waals surface area contributed by atoms with Crippen LogP contribution in [0.2, 0.25) is 0 Å². The summed E-state index contributed by atoms with van der Waals surface area (Å²) in [7, 11) is 3.24. The van der Waals surface area contributed by atoms with E-state index in [0.717, 1.165) is 28.8 Å². The Labute approximate surface area is 235 Å². The highest BCUT2D eigenvalue weighted by atomic mass is 16.5. The van der Waals surface area contributed by atoms with Gasteiger partial charge in [0.25, 0.3) is 5.91 Å². The first-order valence-electron chi connectivity index (χ1n) is 13.3. The van der Waals surface area contributed by atoms with Crippen molar-refractivity contribution >= 4 is 5.91 Å². The summed E-state index contributed by atoms with van der Waals surface area (Å²) in [6.07, 6.45) is 0.747. The molecule has 0 aliphatic carbocycles. The molecule has 6 heteroatoms. The van der Waals surface area contributed by atoms with Crippen molar-refractivity contribution in [1.82, 2.24) is 14.7 Å². The zero-order valence-electron chi connectivity index (χ0n) is 23.1. The molecule has 0 saturated carbocycles. The molecule has 0 bridgehead atoms. The molecule has 6 nitrogen and oxygen atoms in total. The van der Waals surface area contributed by atoms with E-state index in [1.807, 2.05) is 109 Å². The van der Waals surface area contributed by atoms with Crippen molar-refractivity contribution in [1.29, 1.82) is 0 Å². The van der Waals surface area contributed by atoms with Crippen LogP contribution in [-0.4, -0.2) is 41.4 Å². The summed E-state index contributed by atoms with van der Waals surface area (Å²) < 4.78 is 12.8. The first kappa shape index (κ1) is 26.8. The number of carbonyl (C=O) groups excluding carboxylic acids is 1. The van der Waals surface area contributed by atoms with Gasteiger partial charge in [0.15, 0.2) is 0 Å². The SMILES string of the molecule is COc1ccc(-c2cc(C(=O)N(CCc3ccccc3)Cc3ccccc3)n(-c3cccc(C)c3)n2)c(OC)c1. The second-order valence-corrected chi connectivity index (χ2v) is 9.68. The summed E-state index contributed by atoms with van der Waals surface area (Å²) in [4.78, 5) is 16.3. The highest BCUT2D eigenvalue weighted by molar-refractivity contribution is 5.94. The van der Waals surface area contributed by atoms with Crippen LogP contribution in [-0.2, 0) is 13.0 Å². The minimum atomic E-state index is -0.0903. The van der Waals surface area contributed by atoms with Crippen molar-refractivity contribution in [2.45, 2.75) is 19.9 Å². The minimum absolute atomic E-state index is 0.0903. The third kappa shape index (κ3) is 6.07. The number of hydrogen-bond acceptors (Lipinski definition) is 4. The van der Waals surface area contributed by atoms with Crippen molar-refractivity contribution in [2.24, 2.45) is 0 Å². The molecule has 0 aliphatic heterocycles. The van der Waals surface area contributed by atoms with Crippen LogP contribution in [0.25, 0.3) is 16.9 Å². The quantitative estimate of drug-likeness (QED) is 0.200. The molecule has 0 unspecified atom stereocenters.